The van der Waals surface area contributed by atoms with Crippen molar-refractivity contribution in [2.45, 2.75) is 17.6 Å². The van der Waals surface area contributed by atoms with Crippen LogP contribution in [0.1, 0.15) is 11.1 Å². The number of carbonyl (C=O) groups is 1. The molecule has 1 aliphatic rings. The van der Waals surface area contributed by atoms with Crippen molar-refractivity contribution >= 4 is 21.6 Å². The number of amides is 1. The van der Waals surface area contributed by atoms with Crippen molar-refractivity contribution in [2.75, 3.05) is 44.7 Å². The van der Waals surface area contributed by atoms with Gasteiger partial charge in [-0.15, -0.1) is 0 Å². The monoisotopic (exact) mass is 547 g/mol. The lowest BCUT2D eigenvalue weighted by atomic mass is 10.1. The van der Waals surface area contributed by atoms with E-state index in [4.69, 9.17) is 4.74 Å². The third kappa shape index (κ3) is 6.46. The second-order valence-electron chi connectivity index (χ2n) is 8.85. The highest BCUT2D eigenvalue weighted by molar-refractivity contribution is 7.89. The fraction of sp³-hybridized carbons (Fsp3) is 0.296. The molecule has 0 atom stereocenters. The third-order valence-electron chi connectivity index (χ3n) is 6.38. The minimum absolute atomic E-state index is 0.00510. The van der Waals surface area contributed by atoms with E-state index in [2.05, 4.69) is 0 Å². The Labute approximate surface area is 220 Å². The molecule has 0 spiro atoms. The number of ether oxygens (including phenoxy) is 1. The molecule has 0 aliphatic carbocycles. The summed E-state index contributed by atoms with van der Waals surface area (Å²) in [5.41, 5.74) is 0.431. The Bertz CT molecular complexity index is 1340. The van der Waals surface area contributed by atoms with Gasteiger partial charge in [0, 0.05) is 38.4 Å². The predicted molar refractivity (Wildman–Crippen MR) is 137 cm³/mol. The third-order valence-corrected chi connectivity index (χ3v) is 8.19. The van der Waals surface area contributed by atoms with Crippen molar-refractivity contribution in [3.05, 3.63) is 90.0 Å². The zero-order valence-corrected chi connectivity index (χ0v) is 21.6. The summed E-state index contributed by atoms with van der Waals surface area (Å²) < 4.78 is 72.6. The normalized spacial score (nSPS) is 14.6. The molecule has 202 valence electrons. The molecular formula is C27H28F3N3O4S. The van der Waals surface area contributed by atoms with Gasteiger partial charge in [0.15, 0.2) is 0 Å². The Morgan fingerprint density at radius 3 is 2.18 bits per heavy atom. The van der Waals surface area contributed by atoms with Gasteiger partial charge in [-0.1, -0.05) is 36.4 Å². The number of carbonyl (C=O) groups excluding carboxylic acids is 1. The van der Waals surface area contributed by atoms with Crippen molar-refractivity contribution < 1.29 is 31.1 Å². The highest BCUT2D eigenvalue weighted by Gasteiger charge is 2.32. The summed E-state index contributed by atoms with van der Waals surface area (Å²) in [6.45, 7) is 0.819. The maximum absolute atomic E-state index is 13.5. The van der Waals surface area contributed by atoms with Crippen LogP contribution in [0.4, 0.5) is 18.9 Å². The Hall–Kier alpha value is -3.57. The van der Waals surface area contributed by atoms with Gasteiger partial charge < -0.3 is 14.5 Å². The van der Waals surface area contributed by atoms with Gasteiger partial charge in [-0.3, -0.25) is 4.79 Å². The van der Waals surface area contributed by atoms with E-state index in [0.717, 1.165) is 22.0 Å². The quantitative estimate of drug-likeness (QED) is 0.422. The first-order valence-corrected chi connectivity index (χ1v) is 13.4. The van der Waals surface area contributed by atoms with Gasteiger partial charge in [0.2, 0.25) is 15.9 Å². The van der Waals surface area contributed by atoms with Gasteiger partial charge in [-0.25, -0.2) is 8.42 Å². The average molecular weight is 548 g/mol. The summed E-state index contributed by atoms with van der Waals surface area (Å²) in [6, 6.07) is 20.0. The van der Waals surface area contributed by atoms with Gasteiger partial charge in [0.1, 0.15) is 5.75 Å². The minimum atomic E-state index is -4.44. The van der Waals surface area contributed by atoms with Gasteiger partial charge in [0.25, 0.3) is 0 Å². The average Bonchev–Trinajstić information content (AvgIpc) is 2.93. The molecule has 0 saturated carbocycles. The van der Waals surface area contributed by atoms with Crippen LogP contribution in [0.5, 0.6) is 5.75 Å². The van der Waals surface area contributed by atoms with Crippen molar-refractivity contribution in [1.82, 2.24) is 9.21 Å². The van der Waals surface area contributed by atoms with E-state index >= 15 is 0 Å². The zero-order chi connectivity index (χ0) is 27.3. The second kappa shape index (κ2) is 11.4. The molecular weight excluding hydrogens is 519 g/mol. The number of benzene rings is 3. The number of rotatable bonds is 8. The Morgan fingerprint density at radius 2 is 1.58 bits per heavy atom. The van der Waals surface area contributed by atoms with Crippen LogP contribution >= 0.6 is 0 Å². The molecule has 0 aromatic heterocycles. The number of alkyl halides is 3. The van der Waals surface area contributed by atoms with Gasteiger partial charge >= 0.3 is 6.18 Å². The summed E-state index contributed by atoms with van der Waals surface area (Å²) >= 11 is 0. The summed E-state index contributed by atoms with van der Waals surface area (Å²) in [6.07, 6.45) is -4.44. The SMILES string of the molecule is COc1ccc(S(=O)(=O)N(CC(=O)N2CCN(c3cccc(C(F)(F)F)c3)CC2)Cc2ccccc2)cc1. The van der Waals surface area contributed by atoms with Crippen molar-refractivity contribution in [2.24, 2.45) is 0 Å². The lowest BCUT2D eigenvalue weighted by Crippen LogP contribution is -2.51. The predicted octanol–water partition coefficient (Wildman–Crippen LogP) is 4.25. The van der Waals surface area contributed by atoms with E-state index in [1.54, 1.807) is 52.3 Å². The number of hydrogen-bond acceptors (Lipinski definition) is 5. The van der Waals surface area contributed by atoms with Gasteiger partial charge in [0.05, 0.1) is 24.1 Å². The number of piperazine rings is 1. The number of hydrogen-bond donors (Lipinski definition) is 0. The maximum Gasteiger partial charge on any atom is 0.416 e. The summed E-state index contributed by atoms with van der Waals surface area (Å²) in [5.74, 6) is 0.134. The van der Waals surface area contributed by atoms with E-state index in [1.165, 1.54) is 25.3 Å². The first-order valence-electron chi connectivity index (χ1n) is 12.0. The van der Waals surface area contributed by atoms with Crippen LogP contribution in [-0.2, 0) is 27.5 Å². The minimum Gasteiger partial charge on any atom is -0.497 e. The van der Waals surface area contributed by atoms with Crippen LogP contribution in [0.15, 0.2) is 83.8 Å². The molecule has 4 rings (SSSR count). The van der Waals surface area contributed by atoms with Gasteiger partial charge in [-0.2, -0.15) is 17.5 Å². The highest BCUT2D eigenvalue weighted by Crippen LogP contribution is 2.32. The molecule has 38 heavy (non-hydrogen) atoms. The molecule has 0 N–H and O–H groups in total. The molecule has 0 unspecified atom stereocenters. The lowest BCUT2D eigenvalue weighted by molar-refractivity contribution is -0.137. The maximum atomic E-state index is 13.5. The summed E-state index contributed by atoms with van der Waals surface area (Å²) in [7, 11) is -2.53. The smallest absolute Gasteiger partial charge is 0.416 e. The molecule has 3 aromatic carbocycles. The molecule has 1 saturated heterocycles. The van der Waals surface area contributed by atoms with E-state index in [9.17, 15) is 26.4 Å². The molecule has 1 aliphatic heterocycles. The molecule has 3 aromatic rings. The largest absolute Gasteiger partial charge is 0.497 e. The van der Waals surface area contributed by atoms with Crippen molar-refractivity contribution in [3.63, 3.8) is 0 Å². The standard InChI is InChI=1S/C27H28F3N3O4S/c1-37-24-10-12-25(13-11-24)38(35,36)33(19-21-6-3-2-4-7-21)20-26(34)32-16-14-31(15-17-32)23-9-5-8-22(18-23)27(28,29)30/h2-13,18H,14-17,19-20H2,1H3. The van der Waals surface area contributed by atoms with Crippen molar-refractivity contribution in [1.29, 1.82) is 0 Å². The Kier molecular flexibility index (Phi) is 8.27. The van der Waals surface area contributed by atoms with Crippen LogP contribution in [-0.4, -0.2) is 63.4 Å². The Morgan fingerprint density at radius 1 is 0.921 bits per heavy atom. The molecule has 1 fully saturated rings. The molecule has 0 bridgehead atoms. The van der Waals surface area contributed by atoms with Crippen LogP contribution < -0.4 is 9.64 Å². The van der Waals surface area contributed by atoms with Crippen LogP contribution in [0.3, 0.4) is 0 Å². The molecule has 1 heterocycles. The molecule has 0 radical (unpaired) electrons. The second-order valence-corrected chi connectivity index (χ2v) is 10.8. The van der Waals surface area contributed by atoms with E-state index < -0.39 is 21.8 Å². The Balaban J connectivity index is 1.48. The molecule has 1 amide bonds. The number of nitrogens with zero attached hydrogens (tertiary/aromatic N) is 3. The summed E-state index contributed by atoms with van der Waals surface area (Å²) in [4.78, 5) is 16.6. The van der Waals surface area contributed by atoms with E-state index in [0.29, 0.717) is 24.5 Å². The molecule has 11 heteroatoms. The van der Waals surface area contributed by atoms with E-state index in [1.807, 2.05) is 6.07 Å². The topological polar surface area (TPSA) is 70.2 Å². The molecule has 7 nitrogen and oxygen atoms in total. The first-order chi connectivity index (χ1) is 18.1. The van der Waals surface area contributed by atoms with Crippen molar-refractivity contribution in [3.8, 4) is 5.75 Å². The number of methoxy groups -OCH3 is 1. The first kappa shape index (κ1) is 27.5. The van der Waals surface area contributed by atoms with E-state index in [-0.39, 0.29) is 37.0 Å². The van der Waals surface area contributed by atoms with Crippen LogP contribution in [0.2, 0.25) is 0 Å². The summed E-state index contributed by atoms with van der Waals surface area (Å²) in [5, 5.41) is 0. The number of anilines is 1. The highest BCUT2D eigenvalue weighted by atomic mass is 32.2. The van der Waals surface area contributed by atoms with Crippen LogP contribution in [0.25, 0.3) is 0 Å². The fourth-order valence-corrected chi connectivity index (χ4v) is 5.63. The van der Waals surface area contributed by atoms with Gasteiger partial charge in [-0.05, 0) is 48.0 Å². The fourth-order valence-electron chi connectivity index (χ4n) is 4.25. The zero-order valence-electron chi connectivity index (χ0n) is 20.8. The number of halogens is 3. The lowest BCUT2D eigenvalue weighted by Gasteiger charge is -2.37. The number of sulfonamides is 1. The van der Waals surface area contributed by atoms with Crippen LogP contribution in [0, 0.1) is 0 Å².